The summed E-state index contributed by atoms with van der Waals surface area (Å²) < 4.78 is 9.33. The maximum Gasteiger partial charge on any atom is 0.333 e. The Bertz CT molecular complexity index is 341. The van der Waals surface area contributed by atoms with E-state index < -0.39 is 0 Å². The molecule has 4 heteroatoms. The van der Waals surface area contributed by atoms with Gasteiger partial charge in [0.15, 0.2) is 0 Å². The molecule has 0 aliphatic heterocycles. The fourth-order valence-corrected chi connectivity index (χ4v) is 2.06. The molecule has 0 aromatic rings. The molecule has 4 nitrogen and oxygen atoms in total. The van der Waals surface area contributed by atoms with Crippen molar-refractivity contribution in [2.45, 2.75) is 20.8 Å². The summed E-state index contributed by atoms with van der Waals surface area (Å²) in [7, 11) is 2.72. The molecular weight excluding hydrogens is 208 g/mol. The van der Waals surface area contributed by atoms with Crippen LogP contribution >= 0.6 is 0 Å². The van der Waals surface area contributed by atoms with E-state index in [1.807, 2.05) is 13.8 Å². The minimum absolute atomic E-state index is 0.0547. The van der Waals surface area contributed by atoms with Crippen LogP contribution in [0.15, 0.2) is 11.6 Å². The van der Waals surface area contributed by atoms with Gasteiger partial charge in [0.05, 0.1) is 20.1 Å². The first-order chi connectivity index (χ1) is 7.36. The van der Waals surface area contributed by atoms with Crippen molar-refractivity contribution in [1.29, 1.82) is 0 Å². The topological polar surface area (TPSA) is 52.6 Å². The molecule has 0 heterocycles. The molecule has 0 bridgehead atoms. The van der Waals surface area contributed by atoms with Gasteiger partial charge in [-0.1, -0.05) is 19.9 Å². The molecule has 0 spiro atoms. The first-order valence-electron chi connectivity index (χ1n) is 5.20. The van der Waals surface area contributed by atoms with E-state index in [2.05, 4.69) is 4.74 Å². The minimum Gasteiger partial charge on any atom is -0.469 e. The van der Waals surface area contributed by atoms with Gasteiger partial charge in [-0.2, -0.15) is 0 Å². The Morgan fingerprint density at radius 3 is 2.19 bits per heavy atom. The van der Waals surface area contributed by atoms with Gasteiger partial charge in [0.2, 0.25) is 0 Å². The van der Waals surface area contributed by atoms with Crippen molar-refractivity contribution in [3.05, 3.63) is 11.6 Å². The summed E-state index contributed by atoms with van der Waals surface area (Å²) in [6, 6.07) is 0. The van der Waals surface area contributed by atoms with Crippen LogP contribution in [0.3, 0.4) is 0 Å². The second kappa shape index (κ2) is 4.28. The molecule has 0 saturated heterocycles. The number of hydrogen-bond acceptors (Lipinski definition) is 4. The SMILES string of the molecule is COC(=O)/C(C)=C/[C@H]1[C@H](C(=O)OC)C1(C)C. The van der Waals surface area contributed by atoms with Crippen LogP contribution in [0, 0.1) is 17.3 Å². The number of ether oxygens (including phenoxy) is 2. The summed E-state index contributed by atoms with van der Waals surface area (Å²) in [6.45, 7) is 5.66. The molecular formula is C12H18O4. The van der Waals surface area contributed by atoms with Gasteiger partial charge in [-0.25, -0.2) is 4.79 Å². The van der Waals surface area contributed by atoms with E-state index in [4.69, 9.17) is 4.74 Å². The van der Waals surface area contributed by atoms with Gasteiger partial charge in [-0.3, -0.25) is 4.79 Å². The van der Waals surface area contributed by atoms with E-state index in [0.717, 1.165) is 0 Å². The van der Waals surface area contributed by atoms with Crippen molar-refractivity contribution >= 4 is 11.9 Å². The largest absolute Gasteiger partial charge is 0.469 e. The maximum absolute atomic E-state index is 11.5. The summed E-state index contributed by atoms with van der Waals surface area (Å²) in [4.78, 5) is 22.7. The molecule has 2 atom stereocenters. The highest BCUT2D eigenvalue weighted by Gasteiger charge is 2.61. The highest BCUT2D eigenvalue weighted by atomic mass is 16.5. The summed E-state index contributed by atoms with van der Waals surface area (Å²) in [5.74, 6) is -0.675. The van der Waals surface area contributed by atoms with Gasteiger partial charge in [-0.15, -0.1) is 0 Å². The van der Waals surface area contributed by atoms with Crippen molar-refractivity contribution in [1.82, 2.24) is 0 Å². The van der Waals surface area contributed by atoms with Crippen molar-refractivity contribution in [3.8, 4) is 0 Å². The molecule has 1 aliphatic rings. The zero-order valence-electron chi connectivity index (χ0n) is 10.4. The summed E-state index contributed by atoms with van der Waals surface area (Å²) in [5.41, 5.74) is 0.398. The quantitative estimate of drug-likeness (QED) is 0.541. The van der Waals surface area contributed by atoms with E-state index in [-0.39, 0.29) is 29.2 Å². The Morgan fingerprint density at radius 2 is 1.75 bits per heavy atom. The second-order valence-corrected chi connectivity index (χ2v) is 4.69. The van der Waals surface area contributed by atoms with Crippen LogP contribution in [-0.4, -0.2) is 26.2 Å². The number of hydrogen-bond donors (Lipinski definition) is 0. The number of methoxy groups -OCH3 is 2. The minimum atomic E-state index is -0.355. The first-order valence-corrected chi connectivity index (χ1v) is 5.20. The van der Waals surface area contributed by atoms with Gasteiger partial charge in [0, 0.05) is 5.57 Å². The molecule has 1 aliphatic carbocycles. The molecule has 0 amide bonds. The smallest absolute Gasteiger partial charge is 0.333 e. The van der Waals surface area contributed by atoms with Crippen LogP contribution in [0.2, 0.25) is 0 Å². The lowest BCUT2D eigenvalue weighted by molar-refractivity contribution is -0.143. The standard InChI is InChI=1S/C12H18O4/c1-7(10(13)15-4)6-8-9(11(14)16-5)12(8,2)3/h6,8-9H,1-5H3/b7-6+/t8-,9+/m0/s1. The van der Waals surface area contributed by atoms with E-state index in [1.165, 1.54) is 14.2 Å². The molecule has 1 rings (SSSR count). The predicted octanol–water partition coefficient (Wildman–Crippen LogP) is 1.55. The van der Waals surface area contributed by atoms with Crippen LogP contribution < -0.4 is 0 Å². The number of carbonyl (C=O) groups excluding carboxylic acids is 2. The monoisotopic (exact) mass is 226 g/mol. The zero-order valence-corrected chi connectivity index (χ0v) is 10.4. The predicted molar refractivity (Wildman–Crippen MR) is 58.6 cm³/mol. The van der Waals surface area contributed by atoms with Crippen molar-refractivity contribution in [2.75, 3.05) is 14.2 Å². The molecule has 0 N–H and O–H groups in total. The van der Waals surface area contributed by atoms with Crippen LogP contribution in [0.1, 0.15) is 20.8 Å². The summed E-state index contributed by atoms with van der Waals surface area (Å²) >= 11 is 0. The Kier molecular flexibility index (Phi) is 3.41. The molecule has 1 saturated carbocycles. The fraction of sp³-hybridized carbons (Fsp3) is 0.667. The van der Waals surface area contributed by atoms with Crippen LogP contribution in [0.5, 0.6) is 0 Å². The highest BCUT2D eigenvalue weighted by molar-refractivity contribution is 5.88. The molecule has 16 heavy (non-hydrogen) atoms. The second-order valence-electron chi connectivity index (χ2n) is 4.69. The normalized spacial score (nSPS) is 27.2. The Labute approximate surface area is 95.6 Å². The summed E-state index contributed by atoms with van der Waals surface area (Å²) in [5, 5.41) is 0. The lowest BCUT2D eigenvalue weighted by Gasteiger charge is -2.00. The van der Waals surface area contributed by atoms with E-state index in [9.17, 15) is 9.59 Å². The molecule has 1 fully saturated rings. The zero-order chi connectivity index (χ0) is 12.5. The van der Waals surface area contributed by atoms with Crippen LogP contribution in [0.4, 0.5) is 0 Å². The van der Waals surface area contributed by atoms with E-state index in [1.54, 1.807) is 13.0 Å². The van der Waals surface area contributed by atoms with Crippen molar-refractivity contribution in [3.63, 3.8) is 0 Å². The van der Waals surface area contributed by atoms with E-state index in [0.29, 0.717) is 5.57 Å². The number of esters is 2. The lowest BCUT2D eigenvalue weighted by Crippen LogP contribution is -2.07. The number of allylic oxidation sites excluding steroid dienone is 1. The Hall–Kier alpha value is -1.32. The van der Waals surface area contributed by atoms with Crippen LogP contribution in [-0.2, 0) is 19.1 Å². The molecule has 0 aromatic carbocycles. The number of rotatable bonds is 3. The van der Waals surface area contributed by atoms with Gasteiger partial charge in [0.1, 0.15) is 0 Å². The Morgan fingerprint density at radius 1 is 1.19 bits per heavy atom. The van der Waals surface area contributed by atoms with Gasteiger partial charge in [0.25, 0.3) is 0 Å². The Balaban J connectivity index is 2.78. The third-order valence-corrected chi connectivity index (χ3v) is 3.30. The van der Waals surface area contributed by atoms with Crippen molar-refractivity contribution < 1.29 is 19.1 Å². The lowest BCUT2D eigenvalue weighted by atomic mass is 10.1. The third kappa shape index (κ3) is 2.10. The van der Waals surface area contributed by atoms with Gasteiger partial charge < -0.3 is 9.47 Å². The van der Waals surface area contributed by atoms with Crippen molar-refractivity contribution in [2.24, 2.45) is 17.3 Å². The average Bonchev–Trinajstić information content (AvgIpc) is 2.78. The fourth-order valence-electron chi connectivity index (χ4n) is 2.06. The van der Waals surface area contributed by atoms with Crippen LogP contribution in [0.25, 0.3) is 0 Å². The summed E-state index contributed by atoms with van der Waals surface area (Å²) in [6.07, 6.45) is 1.80. The molecule has 0 radical (unpaired) electrons. The molecule has 90 valence electrons. The maximum atomic E-state index is 11.5. The third-order valence-electron chi connectivity index (χ3n) is 3.30. The molecule has 0 aromatic heterocycles. The first kappa shape index (κ1) is 12.7. The average molecular weight is 226 g/mol. The highest BCUT2D eigenvalue weighted by Crippen LogP contribution is 2.59. The van der Waals surface area contributed by atoms with Gasteiger partial charge >= 0.3 is 11.9 Å². The molecule has 0 unspecified atom stereocenters. The van der Waals surface area contributed by atoms with E-state index >= 15 is 0 Å². The van der Waals surface area contributed by atoms with Gasteiger partial charge in [-0.05, 0) is 18.3 Å². The number of carbonyl (C=O) groups is 2.